The number of nitrogens with zero attached hydrogens (tertiary/aromatic N) is 3. The van der Waals surface area contributed by atoms with Gasteiger partial charge in [0.15, 0.2) is 0 Å². The lowest BCUT2D eigenvalue weighted by Crippen LogP contribution is -2.33. The molecule has 0 fully saturated rings. The average Bonchev–Trinajstić information content (AvgIpc) is 2.37. The van der Waals surface area contributed by atoms with Gasteiger partial charge >= 0.3 is 0 Å². The van der Waals surface area contributed by atoms with Crippen molar-refractivity contribution in [3.8, 4) is 0 Å². The zero-order valence-corrected chi connectivity index (χ0v) is 14.0. The summed E-state index contributed by atoms with van der Waals surface area (Å²) in [4.78, 5) is 11.2. The van der Waals surface area contributed by atoms with Crippen molar-refractivity contribution in [3.05, 3.63) is 10.7 Å². The van der Waals surface area contributed by atoms with Gasteiger partial charge < -0.3 is 10.2 Å². The molecule has 5 heteroatoms. The first-order chi connectivity index (χ1) is 9.10. The molecule has 1 aromatic rings. The molecule has 1 aromatic heterocycles. The first-order valence-corrected chi connectivity index (χ1v) is 7.92. The number of nitrogens with one attached hydrogen (secondary N) is 1. The van der Waals surface area contributed by atoms with Gasteiger partial charge in [0.25, 0.3) is 0 Å². The molecule has 0 amide bonds. The summed E-state index contributed by atoms with van der Waals surface area (Å²) in [6.45, 7) is 10.5. The van der Waals surface area contributed by atoms with Crippen LogP contribution in [0.1, 0.15) is 47.0 Å². The van der Waals surface area contributed by atoms with Gasteiger partial charge in [0.1, 0.15) is 5.82 Å². The molecule has 0 saturated heterocycles. The van der Waals surface area contributed by atoms with Gasteiger partial charge in [0.05, 0.1) is 4.47 Å². The Bertz CT molecular complexity index is 382. The molecule has 0 aliphatic carbocycles. The molecule has 0 aromatic carbocycles. The van der Waals surface area contributed by atoms with E-state index in [0.29, 0.717) is 12.0 Å². The molecule has 0 radical (unpaired) electrons. The van der Waals surface area contributed by atoms with Gasteiger partial charge in [-0.3, -0.25) is 0 Å². The Balaban J connectivity index is 2.90. The summed E-state index contributed by atoms with van der Waals surface area (Å²) >= 11 is 3.57. The Kier molecular flexibility index (Phi) is 7.13. The largest absolute Gasteiger partial charge is 0.354 e. The molecular formula is C14H25BrN4. The minimum Gasteiger partial charge on any atom is -0.354 e. The summed E-state index contributed by atoms with van der Waals surface area (Å²) in [6.07, 6.45) is 5.52. The maximum atomic E-state index is 4.62. The van der Waals surface area contributed by atoms with Crippen LogP contribution in [0.5, 0.6) is 0 Å². The lowest BCUT2D eigenvalue weighted by molar-refractivity contribution is 0.618. The Morgan fingerprint density at radius 1 is 1.32 bits per heavy atom. The summed E-state index contributed by atoms with van der Waals surface area (Å²) in [5.41, 5.74) is 0. The van der Waals surface area contributed by atoms with Crippen LogP contribution in [0.25, 0.3) is 0 Å². The van der Waals surface area contributed by atoms with Crippen LogP contribution < -0.4 is 10.2 Å². The van der Waals surface area contributed by atoms with E-state index in [2.05, 4.69) is 56.9 Å². The van der Waals surface area contributed by atoms with Crippen molar-refractivity contribution in [1.82, 2.24) is 9.97 Å². The van der Waals surface area contributed by atoms with Crippen molar-refractivity contribution in [1.29, 1.82) is 0 Å². The number of unbranched alkanes of at least 4 members (excludes halogenated alkanes) is 2. The van der Waals surface area contributed by atoms with Crippen molar-refractivity contribution in [2.75, 3.05) is 23.3 Å². The zero-order chi connectivity index (χ0) is 14.3. The third-order valence-corrected chi connectivity index (χ3v) is 3.52. The van der Waals surface area contributed by atoms with Crippen LogP contribution in [0.2, 0.25) is 0 Å². The smallest absolute Gasteiger partial charge is 0.224 e. The Hall–Kier alpha value is -0.840. The number of hydrogen-bond donors (Lipinski definition) is 1. The van der Waals surface area contributed by atoms with E-state index < -0.39 is 0 Å². The molecule has 1 N–H and O–H groups in total. The van der Waals surface area contributed by atoms with Crippen molar-refractivity contribution < 1.29 is 0 Å². The standard InChI is InChI=1S/C14H25BrN4/c1-5-7-8-9-19(11(3)4)13-12(15)10-17-14(18-13)16-6-2/h10-11H,5-9H2,1-4H3,(H,16,17,18). The van der Waals surface area contributed by atoms with E-state index in [1.54, 1.807) is 0 Å². The fourth-order valence-electron chi connectivity index (χ4n) is 1.94. The van der Waals surface area contributed by atoms with Crippen LogP contribution in [0, 0.1) is 0 Å². The Morgan fingerprint density at radius 2 is 2.05 bits per heavy atom. The molecule has 0 aliphatic rings. The Labute approximate surface area is 125 Å². The second kappa shape index (κ2) is 8.35. The summed E-state index contributed by atoms with van der Waals surface area (Å²) in [5.74, 6) is 1.68. The quantitative estimate of drug-likeness (QED) is 0.730. The Morgan fingerprint density at radius 3 is 2.63 bits per heavy atom. The fraction of sp³-hybridized carbons (Fsp3) is 0.714. The summed E-state index contributed by atoms with van der Waals surface area (Å²) in [7, 11) is 0. The predicted molar refractivity (Wildman–Crippen MR) is 85.9 cm³/mol. The second-order valence-electron chi connectivity index (χ2n) is 4.89. The molecule has 0 unspecified atom stereocenters. The van der Waals surface area contributed by atoms with E-state index in [9.17, 15) is 0 Å². The van der Waals surface area contributed by atoms with Crippen LogP contribution in [0.3, 0.4) is 0 Å². The molecule has 108 valence electrons. The highest BCUT2D eigenvalue weighted by atomic mass is 79.9. The van der Waals surface area contributed by atoms with Crippen molar-refractivity contribution >= 4 is 27.7 Å². The molecule has 0 aliphatic heterocycles. The van der Waals surface area contributed by atoms with Crippen LogP contribution in [0.4, 0.5) is 11.8 Å². The number of aromatic nitrogens is 2. The van der Waals surface area contributed by atoms with E-state index in [1.165, 1.54) is 19.3 Å². The molecule has 1 rings (SSSR count). The first kappa shape index (κ1) is 16.2. The molecule has 4 nitrogen and oxygen atoms in total. The topological polar surface area (TPSA) is 41.1 Å². The highest BCUT2D eigenvalue weighted by Gasteiger charge is 2.16. The number of anilines is 2. The van der Waals surface area contributed by atoms with Crippen LogP contribution in [-0.4, -0.2) is 29.1 Å². The normalized spacial score (nSPS) is 10.8. The van der Waals surface area contributed by atoms with Crippen molar-refractivity contribution in [2.45, 2.75) is 53.0 Å². The third kappa shape index (κ3) is 4.97. The highest BCUT2D eigenvalue weighted by molar-refractivity contribution is 9.10. The molecule has 1 heterocycles. The number of rotatable bonds is 8. The number of hydrogen-bond acceptors (Lipinski definition) is 4. The predicted octanol–water partition coefficient (Wildman–Crippen LogP) is 4.08. The van der Waals surface area contributed by atoms with Crippen LogP contribution >= 0.6 is 15.9 Å². The minimum absolute atomic E-state index is 0.428. The van der Waals surface area contributed by atoms with Gasteiger partial charge in [-0.25, -0.2) is 4.98 Å². The fourth-order valence-corrected chi connectivity index (χ4v) is 2.36. The molecule has 0 spiro atoms. The van der Waals surface area contributed by atoms with Gasteiger partial charge in [0.2, 0.25) is 5.95 Å². The lowest BCUT2D eigenvalue weighted by atomic mass is 10.2. The second-order valence-corrected chi connectivity index (χ2v) is 5.74. The highest BCUT2D eigenvalue weighted by Crippen LogP contribution is 2.26. The maximum Gasteiger partial charge on any atom is 0.224 e. The molecule has 0 saturated carbocycles. The van der Waals surface area contributed by atoms with Crippen molar-refractivity contribution in [2.24, 2.45) is 0 Å². The van der Waals surface area contributed by atoms with Crippen LogP contribution in [-0.2, 0) is 0 Å². The zero-order valence-electron chi connectivity index (χ0n) is 12.4. The third-order valence-electron chi connectivity index (χ3n) is 2.96. The summed E-state index contributed by atoms with van der Waals surface area (Å²) in [5, 5.41) is 3.17. The SMILES string of the molecule is CCCCCN(c1nc(NCC)ncc1Br)C(C)C. The molecule has 0 atom stereocenters. The summed E-state index contributed by atoms with van der Waals surface area (Å²) in [6, 6.07) is 0.428. The van der Waals surface area contributed by atoms with Gasteiger partial charge in [0, 0.05) is 25.3 Å². The number of halogens is 1. The van der Waals surface area contributed by atoms with E-state index in [-0.39, 0.29) is 0 Å². The average molecular weight is 329 g/mol. The van der Waals surface area contributed by atoms with E-state index >= 15 is 0 Å². The maximum absolute atomic E-state index is 4.62. The van der Waals surface area contributed by atoms with Gasteiger partial charge in [-0.1, -0.05) is 19.8 Å². The molecular weight excluding hydrogens is 304 g/mol. The van der Waals surface area contributed by atoms with Crippen LogP contribution in [0.15, 0.2) is 10.7 Å². The molecule has 19 heavy (non-hydrogen) atoms. The minimum atomic E-state index is 0.428. The lowest BCUT2D eigenvalue weighted by Gasteiger charge is -2.29. The van der Waals surface area contributed by atoms with E-state index in [1.807, 2.05) is 13.1 Å². The first-order valence-electron chi connectivity index (χ1n) is 7.13. The van der Waals surface area contributed by atoms with Gasteiger partial charge in [-0.2, -0.15) is 4.98 Å². The van der Waals surface area contributed by atoms with E-state index in [0.717, 1.165) is 23.4 Å². The van der Waals surface area contributed by atoms with Gasteiger partial charge in [-0.05, 0) is 43.1 Å². The summed E-state index contributed by atoms with van der Waals surface area (Å²) < 4.78 is 0.958. The van der Waals surface area contributed by atoms with Crippen molar-refractivity contribution in [3.63, 3.8) is 0 Å². The molecule has 0 bridgehead atoms. The van der Waals surface area contributed by atoms with Gasteiger partial charge in [-0.15, -0.1) is 0 Å². The van der Waals surface area contributed by atoms with E-state index in [4.69, 9.17) is 0 Å². The monoisotopic (exact) mass is 328 g/mol.